The fourth-order valence-electron chi connectivity index (χ4n) is 2.49. The summed E-state index contributed by atoms with van der Waals surface area (Å²) in [5.74, 6) is 0.951. The lowest BCUT2D eigenvalue weighted by atomic mass is 10.1. The second-order valence-corrected chi connectivity index (χ2v) is 5.57. The van der Waals surface area contributed by atoms with E-state index in [0.29, 0.717) is 6.04 Å². The summed E-state index contributed by atoms with van der Waals surface area (Å²) in [6.45, 7) is 7.09. The van der Waals surface area contributed by atoms with Crippen molar-refractivity contribution in [1.29, 1.82) is 0 Å². The predicted octanol–water partition coefficient (Wildman–Crippen LogP) is 2.61. The number of aliphatic hydroxyl groups excluding tert-OH is 1. The molecule has 106 valence electrons. The Hall–Kier alpha value is -1.06. The Morgan fingerprint density at radius 2 is 1.89 bits per heavy atom. The molecule has 1 aromatic carbocycles. The fourth-order valence-corrected chi connectivity index (χ4v) is 2.49. The van der Waals surface area contributed by atoms with Crippen molar-refractivity contribution >= 4 is 0 Å². The van der Waals surface area contributed by atoms with Crippen molar-refractivity contribution in [3.05, 3.63) is 29.8 Å². The molecular formula is C16H25NO2. The molecule has 0 bridgehead atoms. The number of piperidine rings is 1. The highest BCUT2D eigenvalue weighted by atomic mass is 16.5. The van der Waals surface area contributed by atoms with Gasteiger partial charge in [0.05, 0.1) is 12.7 Å². The van der Waals surface area contributed by atoms with E-state index in [1.165, 1.54) is 5.56 Å². The van der Waals surface area contributed by atoms with Crippen molar-refractivity contribution < 1.29 is 9.84 Å². The second-order valence-electron chi connectivity index (χ2n) is 5.57. The summed E-state index contributed by atoms with van der Waals surface area (Å²) in [5, 5.41) is 9.50. The minimum absolute atomic E-state index is 0.0905. The number of likely N-dealkylation sites (tertiary alicyclic amines) is 1. The topological polar surface area (TPSA) is 32.7 Å². The van der Waals surface area contributed by atoms with Crippen LogP contribution in [0.3, 0.4) is 0 Å². The average Bonchev–Trinajstić information content (AvgIpc) is 2.41. The first-order chi connectivity index (χ1) is 9.15. The predicted molar refractivity (Wildman–Crippen MR) is 77.6 cm³/mol. The van der Waals surface area contributed by atoms with Gasteiger partial charge in [-0.25, -0.2) is 0 Å². The summed E-state index contributed by atoms with van der Waals surface area (Å²) >= 11 is 0. The van der Waals surface area contributed by atoms with Crippen molar-refractivity contribution in [3.63, 3.8) is 0 Å². The van der Waals surface area contributed by atoms with Gasteiger partial charge in [-0.2, -0.15) is 0 Å². The maximum Gasteiger partial charge on any atom is 0.119 e. The molecule has 2 rings (SSSR count). The molecule has 0 radical (unpaired) electrons. The number of aliphatic hydroxyl groups is 1. The lowest BCUT2D eigenvalue weighted by Crippen LogP contribution is -2.42. The highest BCUT2D eigenvalue weighted by Crippen LogP contribution is 2.16. The minimum atomic E-state index is -0.0905. The van der Waals surface area contributed by atoms with Gasteiger partial charge in [-0.15, -0.1) is 0 Å². The van der Waals surface area contributed by atoms with Gasteiger partial charge < -0.3 is 14.7 Å². The number of aryl methyl sites for hydroxylation is 1. The van der Waals surface area contributed by atoms with Crippen LogP contribution in [0, 0.1) is 6.92 Å². The minimum Gasteiger partial charge on any atom is -0.494 e. The molecule has 1 saturated heterocycles. The van der Waals surface area contributed by atoms with Crippen molar-refractivity contribution in [3.8, 4) is 5.75 Å². The van der Waals surface area contributed by atoms with E-state index in [0.717, 1.165) is 44.7 Å². The Labute approximate surface area is 116 Å². The Kier molecular flexibility index (Phi) is 5.23. The monoisotopic (exact) mass is 263 g/mol. The molecular weight excluding hydrogens is 238 g/mol. The third kappa shape index (κ3) is 4.51. The SMILES string of the molecule is Cc1ccc(OCCC(C)N2CCC(O)CC2)cc1. The summed E-state index contributed by atoms with van der Waals surface area (Å²) in [7, 11) is 0. The van der Waals surface area contributed by atoms with Crippen LogP contribution in [0.4, 0.5) is 0 Å². The highest BCUT2D eigenvalue weighted by Gasteiger charge is 2.20. The molecule has 19 heavy (non-hydrogen) atoms. The largest absolute Gasteiger partial charge is 0.494 e. The van der Waals surface area contributed by atoms with E-state index in [4.69, 9.17) is 4.74 Å². The van der Waals surface area contributed by atoms with Crippen LogP contribution in [0.5, 0.6) is 5.75 Å². The quantitative estimate of drug-likeness (QED) is 0.886. The lowest BCUT2D eigenvalue weighted by molar-refractivity contribution is 0.0592. The van der Waals surface area contributed by atoms with E-state index >= 15 is 0 Å². The molecule has 0 spiro atoms. The smallest absolute Gasteiger partial charge is 0.119 e. The first-order valence-electron chi connectivity index (χ1n) is 7.27. The zero-order valence-corrected chi connectivity index (χ0v) is 12.0. The molecule has 1 N–H and O–H groups in total. The summed E-state index contributed by atoms with van der Waals surface area (Å²) in [6, 6.07) is 8.72. The molecule has 0 aliphatic carbocycles. The molecule has 1 aliphatic heterocycles. The molecule has 1 unspecified atom stereocenters. The van der Waals surface area contributed by atoms with Crippen LogP contribution in [0.25, 0.3) is 0 Å². The molecule has 1 aromatic rings. The van der Waals surface area contributed by atoms with E-state index in [9.17, 15) is 5.11 Å². The van der Waals surface area contributed by atoms with Gasteiger partial charge in [-0.1, -0.05) is 17.7 Å². The third-order valence-corrected chi connectivity index (χ3v) is 3.95. The zero-order valence-electron chi connectivity index (χ0n) is 12.0. The summed E-state index contributed by atoms with van der Waals surface area (Å²) < 4.78 is 5.77. The first-order valence-corrected chi connectivity index (χ1v) is 7.27. The van der Waals surface area contributed by atoms with Crippen LogP contribution in [0.15, 0.2) is 24.3 Å². The Morgan fingerprint density at radius 1 is 1.26 bits per heavy atom. The van der Waals surface area contributed by atoms with E-state index in [1.54, 1.807) is 0 Å². The molecule has 1 atom stereocenters. The molecule has 1 fully saturated rings. The van der Waals surface area contributed by atoms with Crippen molar-refractivity contribution in [2.75, 3.05) is 19.7 Å². The van der Waals surface area contributed by atoms with Gasteiger partial charge in [0.1, 0.15) is 5.75 Å². The van der Waals surface area contributed by atoms with Gasteiger partial charge >= 0.3 is 0 Å². The number of ether oxygens (including phenoxy) is 1. The molecule has 0 aromatic heterocycles. The Morgan fingerprint density at radius 3 is 2.53 bits per heavy atom. The van der Waals surface area contributed by atoms with E-state index in [1.807, 2.05) is 12.1 Å². The van der Waals surface area contributed by atoms with Gasteiger partial charge in [0.25, 0.3) is 0 Å². The number of hydrogen-bond donors (Lipinski definition) is 1. The van der Waals surface area contributed by atoms with E-state index in [-0.39, 0.29) is 6.10 Å². The lowest BCUT2D eigenvalue weighted by Gasteiger charge is -2.34. The van der Waals surface area contributed by atoms with Crippen LogP contribution in [-0.2, 0) is 0 Å². The average molecular weight is 263 g/mol. The van der Waals surface area contributed by atoms with Crippen molar-refractivity contribution in [1.82, 2.24) is 4.90 Å². The van der Waals surface area contributed by atoms with Gasteiger partial charge in [-0.3, -0.25) is 0 Å². The Bertz CT molecular complexity index is 369. The van der Waals surface area contributed by atoms with Gasteiger partial charge in [0, 0.05) is 19.1 Å². The van der Waals surface area contributed by atoms with Gasteiger partial charge in [-0.05, 0) is 45.2 Å². The summed E-state index contributed by atoms with van der Waals surface area (Å²) in [4.78, 5) is 2.45. The molecule has 0 amide bonds. The van der Waals surface area contributed by atoms with Crippen LogP contribution in [0.1, 0.15) is 31.7 Å². The van der Waals surface area contributed by atoms with Crippen molar-refractivity contribution in [2.24, 2.45) is 0 Å². The number of nitrogens with zero attached hydrogens (tertiary/aromatic N) is 1. The number of rotatable bonds is 5. The molecule has 1 heterocycles. The first kappa shape index (κ1) is 14.4. The van der Waals surface area contributed by atoms with E-state index in [2.05, 4.69) is 30.9 Å². The van der Waals surface area contributed by atoms with Crippen LogP contribution in [-0.4, -0.2) is 41.8 Å². The molecule has 3 nitrogen and oxygen atoms in total. The Balaban J connectivity index is 1.69. The van der Waals surface area contributed by atoms with E-state index < -0.39 is 0 Å². The normalized spacial score (nSPS) is 19.3. The van der Waals surface area contributed by atoms with Gasteiger partial charge in [0.2, 0.25) is 0 Å². The molecule has 3 heteroatoms. The maximum atomic E-state index is 9.50. The molecule has 1 aliphatic rings. The number of benzene rings is 1. The van der Waals surface area contributed by atoms with Crippen LogP contribution < -0.4 is 4.74 Å². The standard InChI is InChI=1S/C16H25NO2/c1-13-3-5-16(6-4-13)19-12-9-14(2)17-10-7-15(18)8-11-17/h3-6,14-15,18H,7-12H2,1-2H3. The summed E-state index contributed by atoms with van der Waals surface area (Å²) in [5.41, 5.74) is 1.26. The van der Waals surface area contributed by atoms with Crippen LogP contribution >= 0.6 is 0 Å². The number of hydrogen-bond acceptors (Lipinski definition) is 3. The van der Waals surface area contributed by atoms with Gasteiger partial charge in [0.15, 0.2) is 0 Å². The second kappa shape index (κ2) is 6.92. The highest BCUT2D eigenvalue weighted by molar-refractivity contribution is 5.26. The summed E-state index contributed by atoms with van der Waals surface area (Å²) in [6.07, 6.45) is 2.75. The maximum absolute atomic E-state index is 9.50. The molecule has 0 saturated carbocycles. The zero-order chi connectivity index (χ0) is 13.7. The third-order valence-electron chi connectivity index (χ3n) is 3.95. The fraction of sp³-hybridized carbons (Fsp3) is 0.625. The van der Waals surface area contributed by atoms with Crippen molar-refractivity contribution in [2.45, 2.75) is 45.3 Å². The van der Waals surface area contributed by atoms with Crippen LogP contribution in [0.2, 0.25) is 0 Å².